The van der Waals surface area contributed by atoms with Gasteiger partial charge in [-0.1, -0.05) is 85.0 Å². The molecule has 136 valence electrons. The van der Waals surface area contributed by atoms with Crippen LogP contribution < -0.4 is 0 Å². The van der Waals surface area contributed by atoms with E-state index in [-0.39, 0.29) is 5.41 Å². The molecule has 0 spiro atoms. The quantitative estimate of drug-likeness (QED) is 0.471. The number of rotatable bonds is 10. The Kier molecular flexibility index (Phi) is 9.24. The molecule has 2 nitrogen and oxygen atoms in total. The zero-order valence-electron chi connectivity index (χ0n) is 16.0. The van der Waals surface area contributed by atoms with Gasteiger partial charge in [0.05, 0.1) is 5.41 Å². The van der Waals surface area contributed by atoms with Gasteiger partial charge in [-0.15, -0.1) is 0 Å². The third-order valence-corrected chi connectivity index (χ3v) is 6.41. The summed E-state index contributed by atoms with van der Waals surface area (Å²) in [6.45, 7) is 6.67. The summed E-state index contributed by atoms with van der Waals surface area (Å²) in [6.07, 6.45) is 16.9. The molecule has 1 rings (SSSR count). The molecule has 0 saturated heterocycles. The highest BCUT2D eigenvalue weighted by molar-refractivity contribution is 5.76. The van der Waals surface area contributed by atoms with Crippen LogP contribution in [0.5, 0.6) is 0 Å². The summed E-state index contributed by atoms with van der Waals surface area (Å²) >= 11 is 0. The van der Waals surface area contributed by atoms with E-state index < -0.39 is 11.4 Å². The van der Waals surface area contributed by atoms with E-state index in [1.807, 2.05) is 0 Å². The Morgan fingerprint density at radius 1 is 0.783 bits per heavy atom. The van der Waals surface area contributed by atoms with Crippen molar-refractivity contribution in [3.63, 3.8) is 0 Å². The molecule has 1 aliphatic carbocycles. The summed E-state index contributed by atoms with van der Waals surface area (Å²) in [5.74, 6) is -0.486. The number of hydrogen-bond donors (Lipinski definition) is 1. The van der Waals surface area contributed by atoms with Gasteiger partial charge < -0.3 is 5.11 Å². The van der Waals surface area contributed by atoms with Crippen LogP contribution in [0.2, 0.25) is 0 Å². The molecule has 1 aliphatic rings. The van der Waals surface area contributed by atoms with Gasteiger partial charge >= 0.3 is 5.97 Å². The van der Waals surface area contributed by atoms with Crippen LogP contribution in [0.4, 0.5) is 0 Å². The van der Waals surface area contributed by atoms with E-state index in [4.69, 9.17) is 0 Å². The molecule has 0 aromatic heterocycles. The van der Waals surface area contributed by atoms with Crippen LogP contribution in [0.25, 0.3) is 0 Å². The molecule has 0 bridgehead atoms. The largest absolute Gasteiger partial charge is 0.481 e. The fourth-order valence-corrected chi connectivity index (χ4v) is 4.94. The van der Waals surface area contributed by atoms with Crippen LogP contribution in [0.3, 0.4) is 0 Å². The molecule has 0 aliphatic heterocycles. The highest BCUT2D eigenvalue weighted by atomic mass is 16.4. The first-order valence-electron chi connectivity index (χ1n) is 10.3. The van der Waals surface area contributed by atoms with Crippen molar-refractivity contribution in [2.24, 2.45) is 10.8 Å². The lowest BCUT2D eigenvalue weighted by Crippen LogP contribution is -2.49. The predicted molar refractivity (Wildman–Crippen MR) is 98.8 cm³/mol. The molecule has 1 fully saturated rings. The van der Waals surface area contributed by atoms with Gasteiger partial charge in [0.15, 0.2) is 0 Å². The van der Waals surface area contributed by atoms with Gasteiger partial charge in [0, 0.05) is 0 Å². The number of carboxylic acid groups (broad SMARTS) is 1. The second kappa shape index (κ2) is 10.4. The Bertz CT molecular complexity index is 319. The van der Waals surface area contributed by atoms with Gasteiger partial charge in [-0.2, -0.15) is 0 Å². The number of hydrogen-bond acceptors (Lipinski definition) is 1. The number of aliphatic carboxylic acids is 1. The average Bonchev–Trinajstić information content (AvgIpc) is 2.53. The maximum absolute atomic E-state index is 12.6. The van der Waals surface area contributed by atoms with E-state index in [1.54, 1.807) is 0 Å². The molecule has 23 heavy (non-hydrogen) atoms. The number of carbonyl (C=O) groups is 1. The van der Waals surface area contributed by atoms with Crippen molar-refractivity contribution in [1.82, 2.24) is 0 Å². The van der Waals surface area contributed by atoms with E-state index in [2.05, 4.69) is 20.8 Å². The lowest BCUT2D eigenvalue weighted by Gasteiger charge is -2.50. The molecule has 1 saturated carbocycles. The van der Waals surface area contributed by atoms with E-state index >= 15 is 0 Å². The zero-order chi connectivity index (χ0) is 17.2. The minimum absolute atomic E-state index is 0.0421. The van der Waals surface area contributed by atoms with Gasteiger partial charge in [-0.25, -0.2) is 0 Å². The standard InChI is InChI=1S/C21H40O2/c1-4-7-14-20(15-8-5-2)16-12-10-11-13-18-21(20,19(22)23)17-9-6-3/h4-18H2,1-3H3,(H,22,23). The summed E-state index contributed by atoms with van der Waals surface area (Å²) in [5.41, 5.74) is -0.422. The summed E-state index contributed by atoms with van der Waals surface area (Å²) in [7, 11) is 0. The van der Waals surface area contributed by atoms with Crippen LogP contribution in [0, 0.1) is 10.8 Å². The van der Waals surface area contributed by atoms with Gasteiger partial charge in [0.1, 0.15) is 0 Å². The molecule has 1 unspecified atom stereocenters. The van der Waals surface area contributed by atoms with Gasteiger partial charge in [-0.3, -0.25) is 4.79 Å². The summed E-state index contributed by atoms with van der Waals surface area (Å²) in [4.78, 5) is 12.6. The lowest BCUT2D eigenvalue weighted by molar-refractivity contribution is -0.164. The van der Waals surface area contributed by atoms with Crippen LogP contribution in [-0.2, 0) is 4.79 Å². The van der Waals surface area contributed by atoms with Crippen LogP contribution in [0.1, 0.15) is 117 Å². The zero-order valence-corrected chi connectivity index (χ0v) is 16.0. The average molecular weight is 325 g/mol. The van der Waals surface area contributed by atoms with Crippen LogP contribution in [0.15, 0.2) is 0 Å². The molecule has 0 amide bonds. The Morgan fingerprint density at radius 3 is 1.74 bits per heavy atom. The van der Waals surface area contributed by atoms with E-state index in [9.17, 15) is 9.90 Å². The van der Waals surface area contributed by atoms with Gasteiger partial charge in [-0.05, 0) is 37.5 Å². The molecule has 1 N–H and O–H groups in total. The normalized spacial score (nSPS) is 24.8. The van der Waals surface area contributed by atoms with Crippen molar-refractivity contribution in [1.29, 1.82) is 0 Å². The number of carboxylic acids is 1. The molecular weight excluding hydrogens is 284 g/mol. The van der Waals surface area contributed by atoms with Crippen LogP contribution in [-0.4, -0.2) is 11.1 Å². The smallest absolute Gasteiger partial charge is 0.310 e. The predicted octanol–water partition coefficient (Wildman–Crippen LogP) is 6.97. The Morgan fingerprint density at radius 2 is 1.26 bits per heavy atom. The highest BCUT2D eigenvalue weighted by Gasteiger charge is 2.54. The van der Waals surface area contributed by atoms with Crippen LogP contribution >= 0.6 is 0 Å². The van der Waals surface area contributed by atoms with Crippen molar-refractivity contribution in [3.8, 4) is 0 Å². The summed E-state index contributed by atoms with van der Waals surface area (Å²) in [5, 5.41) is 10.4. The molecule has 2 heteroatoms. The first-order chi connectivity index (χ1) is 11.1. The summed E-state index contributed by atoms with van der Waals surface area (Å²) in [6, 6.07) is 0. The van der Waals surface area contributed by atoms with Crippen molar-refractivity contribution in [3.05, 3.63) is 0 Å². The molecular formula is C21H40O2. The first kappa shape index (κ1) is 20.5. The van der Waals surface area contributed by atoms with Gasteiger partial charge in [0.2, 0.25) is 0 Å². The monoisotopic (exact) mass is 324 g/mol. The first-order valence-corrected chi connectivity index (χ1v) is 10.3. The minimum atomic E-state index is -0.486. The third-order valence-electron chi connectivity index (χ3n) is 6.41. The van der Waals surface area contributed by atoms with E-state index in [0.717, 1.165) is 51.4 Å². The molecule has 0 aromatic carbocycles. The number of unbranched alkanes of at least 4 members (excludes halogenated alkanes) is 3. The molecule has 0 heterocycles. The minimum Gasteiger partial charge on any atom is -0.481 e. The molecule has 0 radical (unpaired) electrons. The third kappa shape index (κ3) is 4.97. The van der Waals surface area contributed by atoms with Crippen molar-refractivity contribution in [2.45, 2.75) is 117 Å². The lowest BCUT2D eigenvalue weighted by atomic mass is 9.52. The topological polar surface area (TPSA) is 37.3 Å². The van der Waals surface area contributed by atoms with Crippen molar-refractivity contribution >= 4 is 5.97 Å². The van der Waals surface area contributed by atoms with E-state index in [0.29, 0.717) is 0 Å². The Balaban J connectivity index is 3.24. The second-order valence-electron chi connectivity index (χ2n) is 7.89. The Hall–Kier alpha value is -0.530. The van der Waals surface area contributed by atoms with Crippen molar-refractivity contribution < 1.29 is 9.90 Å². The molecule has 1 atom stereocenters. The maximum atomic E-state index is 12.6. The van der Waals surface area contributed by atoms with E-state index in [1.165, 1.54) is 44.9 Å². The fraction of sp³-hybridized carbons (Fsp3) is 0.952. The highest BCUT2D eigenvalue weighted by Crippen LogP contribution is 2.57. The molecule has 0 aromatic rings. The van der Waals surface area contributed by atoms with Crippen molar-refractivity contribution in [2.75, 3.05) is 0 Å². The maximum Gasteiger partial charge on any atom is 0.310 e. The second-order valence-corrected chi connectivity index (χ2v) is 7.89. The SMILES string of the molecule is CCCCC1(CCCC)CCCCCCC1(CCCC)C(=O)O. The summed E-state index contributed by atoms with van der Waals surface area (Å²) < 4.78 is 0. The fourth-order valence-electron chi connectivity index (χ4n) is 4.94. The Labute approximate surface area is 144 Å². The van der Waals surface area contributed by atoms with Gasteiger partial charge in [0.25, 0.3) is 0 Å².